The van der Waals surface area contributed by atoms with Gasteiger partial charge in [0.2, 0.25) is 5.91 Å². The van der Waals surface area contributed by atoms with Crippen LogP contribution in [0.2, 0.25) is 0 Å². The molecule has 1 heterocycles. The Bertz CT molecular complexity index is 1750. The number of aliphatic hydroxyl groups excluding tert-OH is 5. The van der Waals surface area contributed by atoms with Crippen LogP contribution in [0.25, 0.3) is 0 Å². The number of rotatable bonds is 55. The van der Waals surface area contributed by atoms with Gasteiger partial charge in [0.25, 0.3) is 0 Å². The number of allylic oxidation sites excluding steroid dienone is 17. The monoisotopic (exact) mass is 1150 g/mol. The highest BCUT2D eigenvalue weighted by Gasteiger charge is 2.47. The van der Waals surface area contributed by atoms with Crippen LogP contribution in [0, 0.1) is 0 Å². The molecule has 0 aliphatic carbocycles. The molecule has 11 heteroatoms. The molecule has 0 radical (unpaired) electrons. The van der Waals surface area contributed by atoms with Gasteiger partial charge in [0.05, 0.1) is 25.4 Å². The summed E-state index contributed by atoms with van der Waals surface area (Å²) < 4.78 is 17.6. The quantitative estimate of drug-likeness (QED) is 0.0149. The standard InChI is InChI=1S/C71H121NO10/c1-4-7-10-13-16-19-22-25-27-29-30-31-32-33-34-35-36-37-39-41-44-47-50-53-56-59-66(76)82-69-68(78)67(77)65(60-73)81-71(69)80-61-62(63(74)57-54-51-48-45-42-24-21-18-15-12-9-6-3)72-70(79)64(75)58-55-52-49-46-43-40-38-28-26-23-20-17-14-11-8-5-2/h8,11,14,16-17,19-20,23,25-28,38,40,43,46,54,57,62-65,67-69,71,73-75,77-78H,4-7,9-10,12-13,15,18,21-22,24,29-37,39,41-42,44-45,47-53,55-56,58-61H2,1-3H3,(H,72,79)/b11-8-,17-14+,19-16-,23-20+,27-25-,28-26-,40-38+,46-43+,57-54+. The summed E-state index contributed by atoms with van der Waals surface area (Å²) in [5, 5.41) is 57.0. The number of amides is 1. The van der Waals surface area contributed by atoms with Gasteiger partial charge < -0.3 is 45.1 Å². The average Bonchev–Trinajstić information content (AvgIpc) is 3.68. The van der Waals surface area contributed by atoms with Crippen molar-refractivity contribution in [3.05, 3.63) is 109 Å². The molecule has 1 rings (SSSR count). The smallest absolute Gasteiger partial charge is 0.306 e. The Labute approximate surface area is 500 Å². The number of carbonyl (C=O) groups excluding carboxylic acids is 2. The fourth-order valence-electron chi connectivity index (χ4n) is 9.83. The lowest BCUT2D eigenvalue weighted by atomic mass is 9.99. The number of hydrogen-bond donors (Lipinski definition) is 6. The number of aliphatic hydroxyl groups is 5. The van der Waals surface area contributed by atoms with Gasteiger partial charge in [-0.05, 0) is 77.0 Å². The maximum Gasteiger partial charge on any atom is 0.306 e. The Morgan fingerprint density at radius 3 is 1.44 bits per heavy atom. The van der Waals surface area contributed by atoms with Gasteiger partial charge in [-0.15, -0.1) is 0 Å². The lowest BCUT2D eigenvalue weighted by Crippen LogP contribution is -2.61. The Kier molecular flexibility index (Phi) is 53.7. The van der Waals surface area contributed by atoms with E-state index in [0.29, 0.717) is 12.8 Å². The molecule has 0 aromatic heterocycles. The zero-order chi connectivity index (χ0) is 59.6. The summed E-state index contributed by atoms with van der Waals surface area (Å²) in [7, 11) is 0. The Balaban J connectivity index is 2.62. The van der Waals surface area contributed by atoms with Crippen LogP contribution in [0.15, 0.2) is 109 Å². The molecule has 8 unspecified atom stereocenters. The van der Waals surface area contributed by atoms with Crippen molar-refractivity contribution in [2.75, 3.05) is 13.2 Å². The summed E-state index contributed by atoms with van der Waals surface area (Å²) in [6.45, 7) is 5.60. The van der Waals surface area contributed by atoms with Crippen molar-refractivity contribution in [1.82, 2.24) is 5.32 Å². The van der Waals surface area contributed by atoms with E-state index in [1.165, 1.54) is 148 Å². The SMILES string of the molecule is CC\C=C/C=C/C=C/C=C\C=C\C=C\CCCCC(O)C(=O)NC(COC1OC(CO)C(O)C(O)C1OC(=O)CCCCCCCCCCCCCCCCC/C=C\C/C=C\CCCCC)C(O)/C=C/CCCCCCCCCCCC. The second-order valence-corrected chi connectivity index (χ2v) is 22.6. The topological polar surface area (TPSA) is 175 Å². The van der Waals surface area contributed by atoms with E-state index < -0.39 is 67.4 Å². The van der Waals surface area contributed by atoms with Crippen LogP contribution < -0.4 is 5.32 Å². The molecule has 1 amide bonds. The molecule has 1 saturated heterocycles. The Hall–Kier alpha value is -3.68. The molecule has 1 fully saturated rings. The predicted octanol–water partition coefficient (Wildman–Crippen LogP) is 16.4. The van der Waals surface area contributed by atoms with Crippen LogP contribution in [0.1, 0.15) is 265 Å². The van der Waals surface area contributed by atoms with E-state index in [4.69, 9.17) is 14.2 Å². The molecule has 0 saturated carbocycles. The van der Waals surface area contributed by atoms with Crippen LogP contribution >= 0.6 is 0 Å². The third-order valence-electron chi connectivity index (χ3n) is 15.1. The third kappa shape index (κ3) is 44.8. The van der Waals surface area contributed by atoms with E-state index in [1.807, 2.05) is 72.9 Å². The molecule has 0 bridgehead atoms. The molecule has 6 N–H and O–H groups in total. The minimum absolute atomic E-state index is 0.113. The molecule has 0 aromatic carbocycles. The van der Waals surface area contributed by atoms with Gasteiger partial charge >= 0.3 is 5.97 Å². The fraction of sp³-hybridized carbons (Fsp3) is 0.718. The van der Waals surface area contributed by atoms with Crippen molar-refractivity contribution < 1.29 is 49.3 Å². The molecule has 8 atom stereocenters. The molecule has 11 nitrogen and oxygen atoms in total. The van der Waals surface area contributed by atoms with Gasteiger partial charge in [-0.25, -0.2) is 0 Å². The first-order chi connectivity index (χ1) is 40.2. The highest BCUT2D eigenvalue weighted by atomic mass is 16.7. The van der Waals surface area contributed by atoms with Crippen LogP contribution in [0.3, 0.4) is 0 Å². The second-order valence-electron chi connectivity index (χ2n) is 22.6. The maximum absolute atomic E-state index is 13.4. The summed E-state index contributed by atoms with van der Waals surface area (Å²) >= 11 is 0. The first-order valence-electron chi connectivity index (χ1n) is 33.2. The Morgan fingerprint density at radius 2 is 0.927 bits per heavy atom. The summed E-state index contributed by atoms with van der Waals surface area (Å²) in [4.78, 5) is 26.6. The van der Waals surface area contributed by atoms with Gasteiger partial charge in [0.1, 0.15) is 24.4 Å². The van der Waals surface area contributed by atoms with Gasteiger partial charge in [-0.2, -0.15) is 0 Å². The number of nitrogens with one attached hydrogen (secondary N) is 1. The normalized spacial score (nSPS) is 19.3. The van der Waals surface area contributed by atoms with Crippen molar-refractivity contribution in [1.29, 1.82) is 0 Å². The van der Waals surface area contributed by atoms with E-state index in [1.54, 1.807) is 6.08 Å². The van der Waals surface area contributed by atoms with E-state index in [2.05, 4.69) is 56.5 Å². The fourth-order valence-corrected chi connectivity index (χ4v) is 9.83. The molecule has 0 aromatic rings. The van der Waals surface area contributed by atoms with Crippen molar-refractivity contribution >= 4 is 11.9 Å². The van der Waals surface area contributed by atoms with Gasteiger partial charge in [0, 0.05) is 6.42 Å². The highest BCUT2D eigenvalue weighted by Crippen LogP contribution is 2.26. The van der Waals surface area contributed by atoms with E-state index in [-0.39, 0.29) is 19.4 Å². The lowest BCUT2D eigenvalue weighted by Gasteiger charge is -2.41. The number of ether oxygens (including phenoxy) is 3. The zero-order valence-electron chi connectivity index (χ0n) is 52.1. The zero-order valence-corrected chi connectivity index (χ0v) is 52.1. The predicted molar refractivity (Wildman–Crippen MR) is 342 cm³/mol. The summed E-state index contributed by atoms with van der Waals surface area (Å²) in [5.74, 6) is -1.24. The van der Waals surface area contributed by atoms with E-state index in [9.17, 15) is 35.1 Å². The molecular weight excluding hydrogens is 1030 g/mol. The minimum atomic E-state index is -1.63. The molecule has 470 valence electrons. The number of esters is 1. The van der Waals surface area contributed by atoms with Crippen molar-refractivity contribution in [2.24, 2.45) is 0 Å². The molecule has 1 aliphatic rings. The molecular formula is C71H121NO10. The van der Waals surface area contributed by atoms with Gasteiger partial charge in [-0.3, -0.25) is 9.59 Å². The molecule has 82 heavy (non-hydrogen) atoms. The van der Waals surface area contributed by atoms with E-state index >= 15 is 0 Å². The second kappa shape index (κ2) is 57.7. The average molecular weight is 1150 g/mol. The van der Waals surface area contributed by atoms with Crippen molar-refractivity contribution in [3.8, 4) is 0 Å². The number of unbranched alkanes of at least 4 members (excludes halogenated alkanes) is 30. The first kappa shape index (κ1) is 76.3. The first-order valence-corrected chi connectivity index (χ1v) is 33.2. The minimum Gasteiger partial charge on any atom is -0.454 e. The third-order valence-corrected chi connectivity index (χ3v) is 15.1. The van der Waals surface area contributed by atoms with Gasteiger partial charge in [-0.1, -0.05) is 291 Å². The Morgan fingerprint density at radius 1 is 0.500 bits per heavy atom. The number of hydrogen-bond acceptors (Lipinski definition) is 10. The van der Waals surface area contributed by atoms with Crippen LogP contribution in [0.4, 0.5) is 0 Å². The lowest BCUT2D eigenvalue weighted by molar-refractivity contribution is -0.305. The van der Waals surface area contributed by atoms with Gasteiger partial charge in [0.15, 0.2) is 12.4 Å². The van der Waals surface area contributed by atoms with E-state index in [0.717, 1.165) is 70.6 Å². The summed E-state index contributed by atoms with van der Waals surface area (Å²) in [6.07, 6.45) is 68.5. The van der Waals surface area contributed by atoms with Crippen LogP contribution in [-0.4, -0.2) is 99.6 Å². The van der Waals surface area contributed by atoms with Crippen LogP contribution in [-0.2, 0) is 23.8 Å². The van der Waals surface area contributed by atoms with Crippen molar-refractivity contribution in [3.63, 3.8) is 0 Å². The summed E-state index contributed by atoms with van der Waals surface area (Å²) in [5.41, 5.74) is 0. The van der Waals surface area contributed by atoms with Crippen molar-refractivity contribution in [2.45, 2.75) is 314 Å². The molecule has 1 aliphatic heterocycles. The largest absolute Gasteiger partial charge is 0.454 e. The number of carbonyl (C=O) groups is 2. The van der Waals surface area contributed by atoms with Crippen LogP contribution in [0.5, 0.6) is 0 Å². The molecule has 0 spiro atoms. The maximum atomic E-state index is 13.4. The highest BCUT2D eigenvalue weighted by molar-refractivity contribution is 5.80. The summed E-state index contributed by atoms with van der Waals surface area (Å²) in [6, 6.07) is -1.05.